The number of hydrogen-bond acceptors (Lipinski definition) is 6. The summed E-state index contributed by atoms with van der Waals surface area (Å²) in [6.45, 7) is 15.2. The molecule has 4 aromatic heterocycles. The van der Waals surface area contributed by atoms with Gasteiger partial charge in [-0.2, -0.15) is 0 Å². The van der Waals surface area contributed by atoms with Crippen LogP contribution in [0, 0.1) is 27.7 Å². The normalized spacial score (nSPS) is 11.5. The van der Waals surface area contributed by atoms with Crippen LogP contribution in [0.2, 0.25) is 0 Å². The van der Waals surface area contributed by atoms with E-state index in [-0.39, 0.29) is 0 Å². The molecule has 0 atom stereocenters. The maximum Gasteiger partial charge on any atom is 0.0547 e. The van der Waals surface area contributed by atoms with Crippen LogP contribution in [0.5, 0.6) is 0 Å². The summed E-state index contributed by atoms with van der Waals surface area (Å²) in [5.74, 6) is 0. The smallest absolute Gasteiger partial charge is 0.0547 e. The molecule has 46 heavy (non-hydrogen) atoms. The Morgan fingerprint density at radius 2 is 0.761 bits per heavy atom. The molecule has 0 saturated carbocycles. The predicted molar refractivity (Wildman–Crippen MR) is 187 cm³/mol. The summed E-state index contributed by atoms with van der Waals surface area (Å²) in [7, 11) is 0. The van der Waals surface area contributed by atoms with Crippen molar-refractivity contribution in [2.24, 2.45) is 0 Å². The molecule has 0 radical (unpaired) electrons. The van der Waals surface area contributed by atoms with Gasteiger partial charge in [0.1, 0.15) is 0 Å². The maximum absolute atomic E-state index is 4.84. The molecular formula is C40H48N6. The average Bonchev–Trinajstić information content (AvgIpc) is 3.00. The Morgan fingerprint density at radius 1 is 0.435 bits per heavy atom. The van der Waals surface area contributed by atoms with Gasteiger partial charge in [-0.15, -0.1) is 0 Å². The number of nitrogens with zero attached hydrogens (tertiary/aromatic N) is 6. The Hall–Kier alpha value is -4.26. The Labute approximate surface area is 275 Å². The zero-order valence-corrected chi connectivity index (χ0v) is 28.2. The summed E-state index contributed by atoms with van der Waals surface area (Å²) in [4.78, 5) is 24.3. The van der Waals surface area contributed by atoms with E-state index in [9.17, 15) is 0 Å². The van der Waals surface area contributed by atoms with Crippen LogP contribution >= 0.6 is 0 Å². The number of unbranched alkanes of at least 4 members (excludes halogenated alkanes) is 1. The predicted octanol–water partition coefficient (Wildman–Crippen LogP) is 8.25. The van der Waals surface area contributed by atoms with Crippen LogP contribution in [0.4, 0.5) is 0 Å². The van der Waals surface area contributed by atoms with Crippen molar-refractivity contribution in [3.05, 3.63) is 153 Å². The standard InChI is InChI=1S/C40H48N6/c1-6-7-16-34-21-35(24-45(26-37-17-8-12-30(2)41-37)27-38-18-9-13-31(3)42-38)23-36(22-34)25-46(28-39-19-10-14-32(4)43-39)29-40-20-11-15-33(5)44-40/h8-15,17-23H,6-7,16,24-29H2,1-5H3. The zero-order chi connectivity index (χ0) is 32.3. The van der Waals surface area contributed by atoms with Crippen LogP contribution in [0.25, 0.3) is 0 Å². The fraction of sp³-hybridized carbons (Fsp3) is 0.350. The highest BCUT2D eigenvalue weighted by atomic mass is 15.1. The van der Waals surface area contributed by atoms with E-state index in [1.165, 1.54) is 29.5 Å². The second kappa shape index (κ2) is 16.3. The maximum atomic E-state index is 4.84. The largest absolute Gasteiger partial charge is 0.287 e. The number of rotatable bonds is 15. The van der Waals surface area contributed by atoms with Gasteiger partial charge in [-0.1, -0.05) is 55.8 Å². The lowest BCUT2D eigenvalue weighted by atomic mass is 10.0. The minimum absolute atomic E-state index is 0.760. The van der Waals surface area contributed by atoms with E-state index in [0.29, 0.717) is 0 Å². The van der Waals surface area contributed by atoms with Crippen LogP contribution in [0.1, 0.15) is 82.0 Å². The number of pyridine rings is 4. The lowest BCUT2D eigenvalue weighted by Gasteiger charge is -2.25. The Morgan fingerprint density at radius 3 is 1.07 bits per heavy atom. The Bertz CT molecular complexity index is 1500. The van der Waals surface area contributed by atoms with Gasteiger partial charge in [-0.05, 0) is 106 Å². The molecule has 5 aromatic rings. The molecule has 0 N–H and O–H groups in total. The molecule has 0 aliphatic heterocycles. The van der Waals surface area contributed by atoms with Crippen molar-refractivity contribution in [1.29, 1.82) is 0 Å². The molecule has 0 aliphatic carbocycles. The highest BCUT2D eigenvalue weighted by Gasteiger charge is 2.15. The van der Waals surface area contributed by atoms with Crippen LogP contribution in [0.15, 0.2) is 91.0 Å². The second-order valence-corrected chi connectivity index (χ2v) is 12.6. The molecule has 6 heteroatoms. The van der Waals surface area contributed by atoms with E-state index in [1.54, 1.807) is 0 Å². The molecule has 0 spiro atoms. The molecule has 238 valence electrons. The molecule has 0 saturated heterocycles. The molecule has 6 nitrogen and oxygen atoms in total. The van der Waals surface area contributed by atoms with Gasteiger partial charge in [-0.25, -0.2) is 0 Å². The quantitative estimate of drug-likeness (QED) is 0.119. The van der Waals surface area contributed by atoms with Crippen molar-refractivity contribution < 1.29 is 0 Å². The number of hydrogen-bond donors (Lipinski definition) is 0. The summed E-state index contributed by atoms with van der Waals surface area (Å²) in [6, 6.07) is 32.4. The van der Waals surface area contributed by atoms with Crippen molar-refractivity contribution in [3.8, 4) is 0 Å². The van der Waals surface area contributed by atoms with Crippen LogP contribution in [-0.2, 0) is 45.7 Å². The lowest BCUT2D eigenvalue weighted by Crippen LogP contribution is -2.25. The van der Waals surface area contributed by atoms with Crippen molar-refractivity contribution in [1.82, 2.24) is 29.7 Å². The van der Waals surface area contributed by atoms with Gasteiger partial charge in [0.05, 0.1) is 22.8 Å². The van der Waals surface area contributed by atoms with E-state index in [1.807, 2.05) is 0 Å². The number of benzene rings is 1. The molecule has 1 aromatic carbocycles. The van der Waals surface area contributed by atoms with E-state index in [4.69, 9.17) is 19.9 Å². The third-order valence-corrected chi connectivity index (χ3v) is 8.07. The summed E-state index contributed by atoms with van der Waals surface area (Å²) >= 11 is 0. The van der Waals surface area contributed by atoms with E-state index in [0.717, 1.165) is 91.2 Å². The Kier molecular flexibility index (Phi) is 11.8. The molecule has 4 heterocycles. The third kappa shape index (κ3) is 10.4. The first-order valence-electron chi connectivity index (χ1n) is 16.6. The van der Waals surface area contributed by atoms with Gasteiger partial charge < -0.3 is 0 Å². The van der Waals surface area contributed by atoms with Gasteiger partial charge in [0.2, 0.25) is 0 Å². The Balaban J connectivity index is 1.45. The first kappa shape index (κ1) is 33.1. The van der Waals surface area contributed by atoms with E-state index >= 15 is 0 Å². The fourth-order valence-corrected chi connectivity index (χ4v) is 6.07. The molecular weight excluding hydrogens is 564 g/mol. The van der Waals surface area contributed by atoms with Crippen molar-refractivity contribution in [3.63, 3.8) is 0 Å². The SMILES string of the molecule is CCCCc1cc(CN(Cc2cccc(C)n2)Cc2cccc(C)n2)cc(CN(Cc2cccc(C)n2)Cc2cccc(C)n2)c1. The highest BCUT2D eigenvalue weighted by Crippen LogP contribution is 2.21. The van der Waals surface area contributed by atoms with Crippen LogP contribution in [-0.4, -0.2) is 29.7 Å². The molecule has 0 aliphatic rings. The number of aromatic nitrogens is 4. The summed E-state index contributed by atoms with van der Waals surface area (Å²) in [5, 5.41) is 0. The topological polar surface area (TPSA) is 58.0 Å². The lowest BCUT2D eigenvalue weighted by molar-refractivity contribution is 0.237. The molecule has 0 amide bonds. The van der Waals surface area contributed by atoms with Crippen molar-refractivity contribution in [2.45, 2.75) is 93.1 Å². The van der Waals surface area contributed by atoms with Crippen LogP contribution in [0.3, 0.4) is 0 Å². The molecule has 5 rings (SSSR count). The minimum atomic E-state index is 0.760. The van der Waals surface area contributed by atoms with Crippen molar-refractivity contribution in [2.75, 3.05) is 0 Å². The van der Waals surface area contributed by atoms with Crippen LogP contribution < -0.4 is 0 Å². The molecule has 0 unspecified atom stereocenters. The van der Waals surface area contributed by atoms with Gasteiger partial charge >= 0.3 is 0 Å². The average molecular weight is 613 g/mol. The van der Waals surface area contributed by atoms with Crippen molar-refractivity contribution >= 4 is 0 Å². The first-order chi connectivity index (χ1) is 22.3. The number of aryl methyl sites for hydroxylation is 5. The minimum Gasteiger partial charge on any atom is -0.287 e. The highest BCUT2D eigenvalue weighted by molar-refractivity contribution is 5.31. The monoisotopic (exact) mass is 612 g/mol. The zero-order valence-electron chi connectivity index (χ0n) is 28.2. The first-order valence-corrected chi connectivity index (χ1v) is 16.6. The van der Waals surface area contributed by atoms with Gasteiger partial charge in [0, 0.05) is 62.0 Å². The molecule has 0 bridgehead atoms. The summed E-state index contributed by atoms with van der Waals surface area (Å²) in [6.07, 6.45) is 3.43. The fourth-order valence-electron chi connectivity index (χ4n) is 6.07. The molecule has 0 fully saturated rings. The van der Waals surface area contributed by atoms with Gasteiger partial charge in [0.25, 0.3) is 0 Å². The van der Waals surface area contributed by atoms with E-state index < -0.39 is 0 Å². The van der Waals surface area contributed by atoms with Gasteiger partial charge in [-0.3, -0.25) is 29.7 Å². The third-order valence-electron chi connectivity index (χ3n) is 8.07. The summed E-state index contributed by atoms with van der Waals surface area (Å²) in [5.41, 5.74) is 12.5. The second-order valence-electron chi connectivity index (χ2n) is 12.6. The summed E-state index contributed by atoms with van der Waals surface area (Å²) < 4.78 is 0. The van der Waals surface area contributed by atoms with E-state index in [2.05, 4.69) is 135 Å². The van der Waals surface area contributed by atoms with Gasteiger partial charge in [0.15, 0.2) is 0 Å².